The quantitative estimate of drug-likeness (QED) is 0.701. The summed E-state index contributed by atoms with van der Waals surface area (Å²) < 4.78 is 22.5. The number of urea groups is 1. The largest absolute Gasteiger partial charge is 0.459 e. The number of benzene rings is 1. The molecule has 0 aromatic heterocycles. The number of esters is 1. The lowest BCUT2D eigenvalue weighted by atomic mass is 9.95. The van der Waals surface area contributed by atoms with Gasteiger partial charge in [-0.25, -0.2) is 9.59 Å². The minimum Gasteiger partial charge on any atom is -0.459 e. The zero-order chi connectivity index (χ0) is 19.0. The van der Waals surface area contributed by atoms with Gasteiger partial charge in [0.05, 0.1) is 17.7 Å². The Kier molecular flexibility index (Phi) is 4.96. The van der Waals surface area contributed by atoms with E-state index in [4.69, 9.17) is 18.9 Å². The minimum absolute atomic E-state index is 0.0725. The van der Waals surface area contributed by atoms with E-state index >= 15 is 0 Å². The molecule has 4 rings (SSSR count). The van der Waals surface area contributed by atoms with Crippen LogP contribution in [-0.4, -0.2) is 38.1 Å². The van der Waals surface area contributed by atoms with Crippen molar-refractivity contribution in [2.75, 3.05) is 20.0 Å². The molecule has 1 saturated heterocycles. The lowest BCUT2D eigenvalue weighted by molar-refractivity contribution is -0.142. The van der Waals surface area contributed by atoms with Crippen molar-refractivity contribution in [3.63, 3.8) is 0 Å². The molecule has 3 heterocycles. The fraction of sp³-hybridized carbons (Fsp3) is 0.444. The van der Waals surface area contributed by atoms with Crippen LogP contribution in [0.2, 0.25) is 0 Å². The van der Waals surface area contributed by atoms with E-state index < -0.39 is 18.0 Å². The summed E-state index contributed by atoms with van der Waals surface area (Å²) in [4.78, 5) is 24.8. The first-order chi connectivity index (χ1) is 13.0. The fourth-order valence-electron chi connectivity index (χ4n) is 3.37. The van der Waals surface area contributed by atoms with E-state index in [0.29, 0.717) is 39.4 Å². The maximum Gasteiger partial charge on any atom is 0.338 e. The van der Waals surface area contributed by atoms with Crippen LogP contribution in [0.3, 0.4) is 0 Å². The molecule has 1 aromatic rings. The third-order valence-corrected chi connectivity index (χ3v) is 5.40. The molecular formula is C18H19BrN2O6. The summed E-state index contributed by atoms with van der Waals surface area (Å²) in [6.07, 6.45) is 1.77. The summed E-state index contributed by atoms with van der Waals surface area (Å²) in [6, 6.07) is 2.44. The molecule has 27 heavy (non-hydrogen) atoms. The highest BCUT2D eigenvalue weighted by atomic mass is 79.9. The van der Waals surface area contributed by atoms with Crippen molar-refractivity contribution in [2.45, 2.75) is 31.9 Å². The van der Waals surface area contributed by atoms with Crippen molar-refractivity contribution in [3.05, 3.63) is 33.4 Å². The second-order valence-electron chi connectivity index (χ2n) is 6.53. The third kappa shape index (κ3) is 3.61. The van der Waals surface area contributed by atoms with Gasteiger partial charge in [0.2, 0.25) is 6.79 Å². The topological polar surface area (TPSA) is 95.1 Å². The molecule has 3 aliphatic heterocycles. The predicted octanol–water partition coefficient (Wildman–Crippen LogP) is 2.53. The van der Waals surface area contributed by atoms with Crippen LogP contribution in [0.15, 0.2) is 27.9 Å². The van der Waals surface area contributed by atoms with Crippen LogP contribution < -0.4 is 20.1 Å². The Balaban J connectivity index is 1.62. The maximum absolute atomic E-state index is 12.8. The number of ether oxygens (including phenoxy) is 4. The van der Waals surface area contributed by atoms with E-state index in [1.165, 1.54) is 0 Å². The number of amides is 2. The SMILES string of the molecule is CC1=C(C(=O)OC[C@@H]2CCCO2)[C@@H](c2cc3c(cc2Br)OCO3)NC(=O)N1. The van der Waals surface area contributed by atoms with Crippen LogP contribution in [-0.2, 0) is 14.3 Å². The molecule has 1 fully saturated rings. The molecule has 1 aromatic carbocycles. The molecule has 0 radical (unpaired) electrons. The van der Waals surface area contributed by atoms with Crippen LogP contribution in [0.5, 0.6) is 11.5 Å². The Bertz CT molecular complexity index is 818. The van der Waals surface area contributed by atoms with Crippen LogP contribution in [0, 0.1) is 0 Å². The van der Waals surface area contributed by atoms with Gasteiger partial charge in [-0.15, -0.1) is 0 Å². The first-order valence-electron chi connectivity index (χ1n) is 8.69. The normalized spacial score (nSPS) is 23.9. The van der Waals surface area contributed by atoms with Gasteiger partial charge in [-0.1, -0.05) is 15.9 Å². The standard InChI is InChI=1S/C18H19BrN2O6/c1-9-15(17(22)25-7-10-3-2-4-24-10)16(21-18(23)20-9)11-5-13-14(6-12(11)19)27-8-26-13/h5-6,10,16H,2-4,7-8H2,1H3,(H2,20,21,23)/t10-,16+/m0/s1. The Hall–Kier alpha value is -2.26. The van der Waals surface area contributed by atoms with Crippen LogP contribution >= 0.6 is 15.9 Å². The van der Waals surface area contributed by atoms with Gasteiger partial charge in [0.25, 0.3) is 0 Å². The highest BCUT2D eigenvalue weighted by Gasteiger charge is 2.35. The van der Waals surface area contributed by atoms with Gasteiger partial charge in [-0.05, 0) is 37.5 Å². The second kappa shape index (κ2) is 7.40. The first-order valence-corrected chi connectivity index (χ1v) is 9.48. The number of rotatable bonds is 4. The van der Waals surface area contributed by atoms with Crippen LogP contribution in [0.1, 0.15) is 31.4 Å². The third-order valence-electron chi connectivity index (χ3n) is 4.72. The van der Waals surface area contributed by atoms with Crippen LogP contribution in [0.25, 0.3) is 0 Å². The summed E-state index contributed by atoms with van der Waals surface area (Å²) in [7, 11) is 0. The molecular weight excluding hydrogens is 420 g/mol. The number of hydrogen-bond donors (Lipinski definition) is 2. The molecule has 3 aliphatic rings. The lowest BCUT2D eigenvalue weighted by Crippen LogP contribution is -2.45. The first kappa shape index (κ1) is 18.1. The predicted molar refractivity (Wildman–Crippen MR) is 97.3 cm³/mol. The number of hydrogen-bond acceptors (Lipinski definition) is 6. The summed E-state index contributed by atoms with van der Waals surface area (Å²) in [5, 5.41) is 5.42. The molecule has 0 aliphatic carbocycles. The van der Waals surface area contributed by atoms with Gasteiger partial charge in [0, 0.05) is 16.8 Å². The van der Waals surface area contributed by atoms with Crippen molar-refractivity contribution in [1.29, 1.82) is 0 Å². The molecule has 0 unspecified atom stereocenters. The summed E-state index contributed by atoms with van der Waals surface area (Å²) >= 11 is 3.49. The summed E-state index contributed by atoms with van der Waals surface area (Å²) in [5.74, 6) is 0.671. The van der Waals surface area contributed by atoms with Crippen molar-refractivity contribution in [2.24, 2.45) is 0 Å². The minimum atomic E-state index is -0.681. The smallest absolute Gasteiger partial charge is 0.338 e. The van der Waals surface area contributed by atoms with E-state index in [-0.39, 0.29) is 19.5 Å². The number of fused-ring (bicyclic) bond motifs is 1. The monoisotopic (exact) mass is 438 g/mol. The van der Waals surface area contributed by atoms with Gasteiger partial charge in [0.1, 0.15) is 6.61 Å². The highest BCUT2D eigenvalue weighted by Crippen LogP contribution is 2.41. The van der Waals surface area contributed by atoms with E-state index in [2.05, 4.69) is 26.6 Å². The molecule has 0 bridgehead atoms. The highest BCUT2D eigenvalue weighted by molar-refractivity contribution is 9.10. The van der Waals surface area contributed by atoms with E-state index in [9.17, 15) is 9.59 Å². The van der Waals surface area contributed by atoms with Gasteiger partial charge in [0.15, 0.2) is 11.5 Å². The lowest BCUT2D eigenvalue weighted by Gasteiger charge is -2.29. The fourth-order valence-corrected chi connectivity index (χ4v) is 3.93. The average Bonchev–Trinajstić information content (AvgIpc) is 3.29. The van der Waals surface area contributed by atoms with Gasteiger partial charge >= 0.3 is 12.0 Å². The van der Waals surface area contributed by atoms with Crippen molar-refractivity contribution in [1.82, 2.24) is 10.6 Å². The van der Waals surface area contributed by atoms with Crippen molar-refractivity contribution < 1.29 is 28.5 Å². The second-order valence-corrected chi connectivity index (χ2v) is 7.38. The van der Waals surface area contributed by atoms with Crippen LogP contribution in [0.4, 0.5) is 4.79 Å². The number of carbonyl (C=O) groups excluding carboxylic acids is 2. The molecule has 2 N–H and O–H groups in total. The van der Waals surface area contributed by atoms with Gasteiger partial charge in [-0.2, -0.15) is 0 Å². The van der Waals surface area contributed by atoms with Crippen molar-refractivity contribution in [3.8, 4) is 11.5 Å². The Morgan fingerprint density at radius 3 is 2.85 bits per heavy atom. The number of carbonyl (C=O) groups is 2. The Morgan fingerprint density at radius 2 is 2.11 bits per heavy atom. The molecule has 2 atom stereocenters. The van der Waals surface area contributed by atoms with E-state index in [1.54, 1.807) is 19.1 Å². The molecule has 144 valence electrons. The molecule has 9 heteroatoms. The number of halogens is 1. The van der Waals surface area contributed by atoms with E-state index in [1.807, 2.05) is 0 Å². The Morgan fingerprint density at radius 1 is 1.33 bits per heavy atom. The van der Waals surface area contributed by atoms with Gasteiger partial charge in [-0.3, -0.25) is 0 Å². The number of allylic oxidation sites excluding steroid dienone is 1. The average molecular weight is 439 g/mol. The molecule has 8 nitrogen and oxygen atoms in total. The molecule has 0 spiro atoms. The molecule has 0 saturated carbocycles. The van der Waals surface area contributed by atoms with Gasteiger partial charge < -0.3 is 29.6 Å². The number of nitrogens with one attached hydrogen (secondary N) is 2. The summed E-state index contributed by atoms with van der Waals surface area (Å²) in [6.45, 7) is 2.69. The Labute approximate surface area is 164 Å². The summed E-state index contributed by atoms with van der Waals surface area (Å²) in [5.41, 5.74) is 1.47. The van der Waals surface area contributed by atoms with E-state index in [0.717, 1.165) is 12.8 Å². The maximum atomic E-state index is 12.8. The molecule has 2 amide bonds. The zero-order valence-electron chi connectivity index (χ0n) is 14.7. The zero-order valence-corrected chi connectivity index (χ0v) is 16.3. The van der Waals surface area contributed by atoms with Crippen molar-refractivity contribution >= 4 is 27.9 Å².